The van der Waals surface area contributed by atoms with E-state index < -0.39 is 24.1 Å². The van der Waals surface area contributed by atoms with Gasteiger partial charge >= 0.3 is 0 Å². The number of amides is 1. The van der Waals surface area contributed by atoms with Crippen molar-refractivity contribution in [1.29, 1.82) is 0 Å². The van der Waals surface area contributed by atoms with Crippen LogP contribution in [-0.4, -0.2) is 31.7 Å². The number of aromatic nitrogens is 1. The number of carbonyl (C=O) groups is 1. The minimum absolute atomic E-state index is 0.209. The number of nitrogens with one attached hydrogen (secondary N) is 1. The molecule has 1 heterocycles. The summed E-state index contributed by atoms with van der Waals surface area (Å²) in [6, 6.07) is 8.17. The summed E-state index contributed by atoms with van der Waals surface area (Å²) in [5, 5.41) is 4.69. The van der Waals surface area contributed by atoms with Gasteiger partial charge in [0.15, 0.2) is 23.3 Å². The molecule has 146 valence electrons. The molecule has 0 fully saturated rings. The van der Waals surface area contributed by atoms with Gasteiger partial charge in [0, 0.05) is 23.1 Å². The molecular weight excluding hydrogens is 390 g/mol. The van der Waals surface area contributed by atoms with E-state index in [1.54, 1.807) is 37.8 Å². The maximum atomic E-state index is 13.5. The van der Waals surface area contributed by atoms with Crippen LogP contribution in [0.4, 0.5) is 13.9 Å². The Hall–Kier alpha value is -3.20. The fourth-order valence-electron chi connectivity index (χ4n) is 2.36. The lowest BCUT2D eigenvalue weighted by atomic mass is 10.1. The third kappa shape index (κ3) is 4.55. The Morgan fingerprint density at radius 2 is 1.93 bits per heavy atom. The van der Waals surface area contributed by atoms with Crippen molar-refractivity contribution in [1.82, 2.24) is 4.98 Å². The summed E-state index contributed by atoms with van der Waals surface area (Å²) in [4.78, 5) is 16.4. The third-order valence-corrected chi connectivity index (χ3v) is 4.45. The highest BCUT2D eigenvalue weighted by atomic mass is 32.1. The van der Waals surface area contributed by atoms with Crippen LogP contribution in [0, 0.1) is 11.6 Å². The molecule has 0 spiro atoms. The van der Waals surface area contributed by atoms with Crippen LogP contribution in [0.15, 0.2) is 41.8 Å². The Balaban J connectivity index is 1.65. The lowest BCUT2D eigenvalue weighted by Gasteiger charge is -2.08. The minimum Gasteiger partial charge on any atom is -0.497 e. The summed E-state index contributed by atoms with van der Waals surface area (Å²) < 4.78 is 42.0. The molecule has 1 N–H and O–H groups in total. The number of ether oxygens (including phenoxy) is 3. The summed E-state index contributed by atoms with van der Waals surface area (Å²) in [5.41, 5.74) is 1.36. The van der Waals surface area contributed by atoms with Crippen LogP contribution in [-0.2, 0) is 4.79 Å². The zero-order chi connectivity index (χ0) is 20.1. The number of halogens is 2. The van der Waals surface area contributed by atoms with E-state index >= 15 is 0 Å². The van der Waals surface area contributed by atoms with E-state index in [-0.39, 0.29) is 5.75 Å². The summed E-state index contributed by atoms with van der Waals surface area (Å²) in [6.45, 7) is -0.441. The first-order valence-corrected chi connectivity index (χ1v) is 8.93. The molecule has 2 aromatic carbocycles. The molecule has 6 nitrogen and oxygen atoms in total. The number of benzene rings is 2. The molecule has 0 bridgehead atoms. The predicted octanol–water partition coefficient (Wildman–Crippen LogP) is 4.12. The zero-order valence-corrected chi connectivity index (χ0v) is 15.8. The molecule has 0 unspecified atom stereocenters. The van der Waals surface area contributed by atoms with Crippen LogP contribution in [0.25, 0.3) is 11.3 Å². The van der Waals surface area contributed by atoms with E-state index in [1.807, 2.05) is 0 Å². The molecule has 1 aromatic heterocycles. The number of methoxy groups -OCH3 is 2. The Labute approximate surface area is 163 Å². The van der Waals surface area contributed by atoms with E-state index in [1.165, 1.54) is 11.3 Å². The summed E-state index contributed by atoms with van der Waals surface area (Å²) >= 11 is 1.22. The van der Waals surface area contributed by atoms with Crippen molar-refractivity contribution in [3.05, 3.63) is 53.4 Å². The normalized spacial score (nSPS) is 10.4. The number of thiazole rings is 1. The molecule has 3 aromatic rings. The molecule has 0 atom stereocenters. The molecule has 28 heavy (non-hydrogen) atoms. The van der Waals surface area contributed by atoms with Crippen molar-refractivity contribution >= 4 is 22.4 Å². The van der Waals surface area contributed by atoms with Gasteiger partial charge in [-0.25, -0.2) is 13.8 Å². The van der Waals surface area contributed by atoms with E-state index in [0.717, 1.165) is 17.7 Å². The van der Waals surface area contributed by atoms with Crippen LogP contribution in [0.1, 0.15) is 0 Å². The van der Waals surface area contributed by atoms with Crippen molar-refractivity contribution in [2.45, 2.75) is 0 Å². The Morgan fingerprint density at radius 3 is 2.64 bits per heavy atom. The Kier molecular flexibility index (Phi) is 6.05. The van der Waals surface area contributed by atoms with E-state index in [0.29, 0.717) is 28.4 Å². The zero-order valence-electron chi connectivity index (χ0n) is 15.0. The lowest BCUT2D eigenvalue weighted by Crippen LogP contribution is -2.20. The summed E-state index contributed by atoms with van der Waals surface area (Å²) in [5.74, 6) is -1.10. The Morgan fingerprint density at radius 1 is 1.11 bits per heavy atom. The number of hydrogen-bond acceptors (Lipinski definition) is 6. The van der Waals surface area contributed by atoms with Gasteiger partial charge in [-0.1, -0.05) is 0 Å². The quantitative estimate of drug-likeness (QED) is 0.639. The second-order valence-electron chi connectivity index (χ2n) is 5.52. The van der Waals surface area contributed by atoms with Crippen LogP contribution < -0.4 is 19.5 Å². The molecule has 3 rings (SSSR count). The molecule has 1 amide bonds. The van der Waals surface area contributed by atoms with Gasteiger partial charge in [0.05, 0.1) is 19.9 Å². The number of hydrogen-bond donors (Lipinski definition) is 1. The van der Waals surface area contributed by atoms with Crippen molar-refractivity contribution in [3.8, 4) is 28.5 Å². The van der Waals surface area contributed by atoms with Crippen molar-refractivity contribution < 1.29 is 27.8 Å². The molecule has 0 radical (unpaired) electrons. The molecule has 0 saturated carbocycles. The van der Waals surface area contributed by atoms with Gasteiger partial charge in [-0.2, -0.15) is 0 Å². The number of carbonyl (C=O) groups excluding carboxylic acids is 1. The molecule has 0 aliphatic rings. The first kappa shape index (κ1) is 19.6. The highest BCUT2D eigenvalue weighted by Crippen LogP contribution is 2.34. The van der Waals surface area contributed by atoms with Gasteiger partial charge in [0.25, 0.3) is 5.91 Å². The first-order valence-electron chi connectivity index (χ1n) is 8.05. The van der Waals surface area contributed by atoms with Gasteiger partial charge in [0.1, 0.15) is 17.3 Å². The number of nitrogens with zero attached hydrogens (tertiary/aromatic N) is 1. The van der Waals surface area contributed by atoms with Crippen LogP contribution in [0.2, 0.25) is 0 Å². The molecular formula is C19H16F2N2O4S. The SMILES string of the molecule is COc1ccc(-c2csc(NC(=O)COc3ccc(F)cc3F)n2)c(OC)c1. The maximum Gasteiger partial charge on any atom is 0.264 e. The van der Waals surface area contributed by atoms with E-state index in [2.05, 4.69) is 10.3 Å². The standard InChI is InChI=1S/C19H16F2N2O4S/c1-25-12-4-5-13(17(8-12)26-2)15-10-28-19(22-15)23-18(24)9-27-16-6-3-11(20)7-14(16)21/h3-8,10H,9H2,1-2H3,(H,22,23,24). The third-order valence-electron chi connectivity index (χ3n) is 3.69. The summed E-state index contributed by atoms with van der Waals surface area (Å²) in [6.07, 6.45) is 0. The first-order chi connectivity index (χ1) is 13.5. The Bertz CT molecular complexity index is 994. The monoisotopic (exact) mass is 406 g/mol. The van der Waals surface area contributed by atoms with Crippen molar-refractivity contribution in [3.63, 3.8) is 0 Å². The molecule has 0 aliphatic heterocycles. The van der Waals surface area contributed by atoms with Crippen molar-refractivity contribution in [2.24, 2.45) is 0 Å². The van der Waals surface area contributed by atoms with Gasteiger partial charge in [-0.3, -0.25) is 10.1 Å². The largest absolute Gasteiger partial charge is 0.497 e. The van der Waals surface area contributed by atoms with E-state index in [9.17, 15) is 13.6 Å². The lowest BCUT2D eigenvalue weighted by molar-refractivity contribution is -0.118. The van der Waals surface area contributed by atoms with Gasteiger partial charge in [-0.15, -0.1) is 11.3 Å². The van der Waals surface area contributed by atoms with Gasteiger partial charge in [0.2, 0.25) is 0 Å². The highest BCUT2D eigenvalue weighted by Gasteiger charge is 2.14. The smallest absolute Gasteiger partial charge is 0.264 e. The average molecular weight is 406 g/mol. The number of anilines is 1. The van der Waals surface area contributed by atoms with Crippen molar-refractivity contribution in [2.75, 3.05) is 26.1 Å². The van der Waals surface area contributed by atoms with Gasteiger partial charge < -0.3 is 14.2 Å². The maximum absolute atomic E-state index is 13.5. The summed E-state index contributed by atoms with van der Waals surface area (Å²) in [7, 11) is 3.10. The fraction of sp³-hybridized carbons (Fsp3) is 0.158. The van der Waals surface area contributed by atoms with Gasteiger partial charge in [-0.05, 0) is 24.3 Å². The fourth-order valence-corrected chi connectivity index (χ4v) is 3.08. The predicted molar refractivity (Wildman–Crippen MR) is 101 cm³/mol. The second kappa shape index (κ2) is 8.66. The molecule has 0 aliphatic carbocycles. The molecule has 9 heteroatoms. The number of rotatable bonds is 7. The average Bonchev–Trinajstić information content (AvgIpc) is 3.14. The minimum atomic E-state index is -0.879. The highest BCUT2D eigenvalue weighted by molar-refractivity contribution is 7.14. The van der Waals surface area contributed by atoms with E-state index in [4.69, 9.17) is 14.2 Å². The van der Waals surface area contributed by atoms with Crippen LogP contribution in [0.5, 0.6) is 17.2 Å². The topological polar surface area (TPSA) is 69.7 Å². The second-order valence-corrected chi connectivity index (χ2v) is 6.37. The van der Waals surface area contributed by atoms with Crippen LogP contribution in [0.3, 0.4) is 0 Å². The van der Waals surface area contributed by atoms with Crippen LogP contribution >= 0.6 is 11.3 Å². The molecule has 0 saturated heterocycles.